The van der Waals surface area contributed by atoms with E-state index in [9.17, 15) is 4.39 Å². The first-order valence-corrected chi connectivity index (χ1v) is 8.30. The molecule has 2 aliphatic rings. The molecule has 6 heteroatoms. The molecule has 23 heavy (non-hydrogen) atoms. The highest BCUT2D eigenvalue weighted by Crippen LogP contribution is 2.30. The molecule has 2 N–H and O–H groups in total. The van der Waals surface area contributed by atoms with Crippen molar-refractivity contribution in [2.75, 3.05) is 19.9 Å². The predicted octanol–water partition coefficient (Wildman–Crippen LogP) is 2.55. The van der Waals surface area contributed by atoms with Crippen molar-refractivity contribution < 1.29 is 13.9 Å². The van der Waals surface area contributed by atoms with Crippen LogP contribution < -0.4 is 15.4 Å². The van der Waals surface area contributed by atoms with E-state index < -0.39 is 0 Å². The highest BCUT2D eigenvalue weighted by molar-refractivity contribution is 5.79. The van der Waals surface area contributed by atoms with Gasteiger partial charge in [-0.1, -0.05) is 6.42 Å². The van der Waals surface area contributed by atoms with Crippen molar-refractivity contribution in [1.29, 1.82) is 0 Å². The van der Waals surface area contributed by atoms with E-state index in [1.807, 2.05) is 6.92 Å². The molecule has 0 spiro atoms. The lowest BCUT2D eigenvalue weighted by Gasteiger charge is -2.26. The van der Waals surface area contributed by atoms with Gasteiger partial charge in [0.1, 0.15) is 11.6 Å². The van der Waals surface area contributed by atoms with Crippen LogP contribution in [0.1, 0.15) is 37.3 Å². The second-order valence-corrected chi connectivity index (χ2v) is 6.04. The van der Waals surface area contributed by atoms with Crippen LogP contribution in [-0.2, 0) is 17.9 Å². The van der Waals surface area contributed by atoms with Crippen LogP contribution in [0.4, 0.5) is 4.39 Å². The number of halogens is 1. The standard InChI is InChI=1S/C17H24FN3O2/c1-2-19-17(20-8-12-4-3-5-12)21-9-13-6-15(18)7-14-10-22-11-23-16(13)14/h6-7,12H,2-5,8-11H2,1H3,(H2,19,20,21). The van der Waals surface area contributed by atoms with Crippen molar-refractivity contribution >= 4 is 5.96 Å². The summed E-state index contributed by atoms with van der Waals surface area (Å²) in [6.45, 7) is 4.73. The number of hydrogen-bond donors (Lipinski definition) is 2. The Hall–Kier alpha value is -1.82. The van der Waals surface area contributed by atoms with Crippen molar-refractivity contribution in [3.63, 3.8) is 0 Å². The van der Waals surface area contributed by atoms with E-state index in [2.05, 4.69) is 15.6 Å². The maximum atomic E-state index is 13.7. The number of hydrogen-bond acceptors (Lipinski definition) is 3. The molecule has 0 atom stereocenters. The molecule has 1 aromatic rings. The molecular formula is C17H24FN3O2. The van der Waals surface area contributed by atoms with E-state index >= 15 is 0 Å². The van der Waals surface area contributed by atoms with Gasteiger partial charge >= 0.3 is 0 Å². The fourth-order valence-electron chi connectivity index (χ4n) is 2.82. The van der Waals surface area contributed by atoms with Crippen LogP contribution in [0.25, 0.3) is 0 Å². The summed E-state index contributed by atoms with van der Waals surface area (Å²) in [5.74, 6) is 1.94. The smallest absolute Gasteiger partial charge is 0.191 e. The van der Waals surface area contributed by atoms with Crippen LogP contribution in [0.2, 0.25) is 0 Å². The molecule has 1 aromatic carbocycles. The molecule has 126 valence electrons. The van der Waals surface area contributed by atoms with Crippen LogP contribution in [0.3, 0.4) is 0 Å². The summed E-state index contributed by atoms with van der Waals surface area (Å²) >= 11 is 0. The molecule has 0 unspecified atom stereocenters. The van der Waals surface area contributed by atoms with Crippen molar-refractivity contribution in [2.24, 2.45) is 10.9 Å². The zero-order valence-corrected chi connectivity index (χ0v) is 13.5. The van der Waals surface area contributed by atoms with Crippen LogP contribution in [0.15, 0.2) is 17.1 Å². The second kappa shape index (κ2) is 7.64. The minimum Gasteiger partial charge on any atom is -0.467 e. The molecule has 3 rings (SSSR count). The molecular weight excluding hydrogens is 297 g/mol. The lowest BCUT2D eigenvalue weighted by molar-refractivity contribution is -0.0172. The van der Waals surface area contributed by atoms with Crippen molar-refractivity contribution in [3.05, 3.63) is 29.1 Å². The van der Waals surface area contributed by atoms with E-state index in [1.165, 1.54) is 31.4 Å². The molecule has 1 saturated carbocycles. The molecule has 0 bridgehead atoms. The molecule has 0 saturated heterocycles. The van der Waals surface area contributed by atoms with Crippen LogP contribution >= 0.6 is 0 Å². The fourth-order valence-corrected chi connectivity index (χ4v) is 2.82. The first-order chi connectivity index (χ1) is 11.3. The van der Waals surface area contributed by atoms with Gasteiger partial charge in [0.2, 0.25) is 0 Å². The Bertz CT molecular complexity index is 573. The Kier molecular flexibility index (Phi) is 5.33. The van der Waals surface area contributed by atoms with Crippen molar-refractivity contribution in [2.45, 2.75) is 39.3 Å². The SMILES string of the molecule is CCNC(=NCc1cc(F)cc2c1OCOC2)NCC1CCC1. The van der Waals surface area contributed by atoms with Crippen LogP contribution in [0.5, 0.6) is 5.75 Å². The van der Waals surface area contributed by atoms with Crippen molar-refractivity contribution in [1.82, 2.24) is 10.6 Å². The minimum atomic E-state index is -0.282. The summed E-state index contributed by atoms with van der Waals surface area (Å²) < 4.78 is 24.5. The van der Waals surface area contributed by atoms with Gasteiger partial charge in [0.25, 0.3) is 0 Å². The summed E-state index contributed by atoms with van der Waals surface area (Å²) in [6, 6.07) is 2.95. The van der Waals surface area contributed by atoms with Crippen LogP contribution in [0, 0.1) is 11.7 Å². The number of ether oxygens (including phenoxy) is 2. The number of aliphatic imine (C=N–C) groups is 1. The van der Waals surface area contributed by atoms with Crippen LogP contribution in [-0.4, -0.2) is 25.8 Å². The predicted molar refractivity (Wildman–Crippen MR) is 86.8 cm³/mol. The molecule has 0 amide bonds. The van der Waals surface area contributed by atoms with Gasteiger partial charge in [0.05, 0.1) is 13.2 Å². The molecule has 1 heterocycles. The zero-order valence-electron chi connectivity index (χ0n) is 13.5. The Morgan fingerprint density at radius 3 is 2.96 bits per heavy atom. The van der Waals surface area contributed by atoms with Gasteiger partial charge in [-0.2, -0.15) is 0 Å². The molecule has 1 aliphatic heterocycles. The highest BCUT2D eigenvalue weighted by Gasteiger charge is 2.18. The van der Waals surface area contributed by atoms with E-state index in [1.54, 1.807) is 0 Å². The lowest BCUT2D eigenvalue weighted by Crippen LogP contribution is -2.41. The van der Waals surface area contributed by atoms with Gasteiger partial charge in [-0.25, -0.2) is 9.38 Å². The average Bonchev–Trinajstić information content (AvgIpc) is 2.50. The summed E-state index contributed by atoms with van der Waals surface area (Å²) in [6.07, 6.45) is 3.91. The Morgan fingerprint density at radius 1 is 1.35 bits per heavy atom. The fraction of sp³-hybridized carbons (Fsp3) is 0.588. The molecule has 0 aromatic heterocycles. The number of fused-ring (bicyclic) bond motifs is 1. The normalized spacial score (nSPS) is 17.9. The number of guanidine groups is 1. The highest BCUT2D eigenvalue weighted by atomic mass is 19.1. The zero-order chi connectivity index (χ0) is 16.1. The molecule has 1 fully saturated rings. The monoisotopic (exact) mass is 321 g/mol. The summed E-state index contributed by atoms with van der Waals surface area (Å²) in [7, 11) is 0. The van der Waals surface area contributed by atoms with Gasteiger partial charge in [-0.3, -0.25) is 0 Å². The summed E-state index contributed by atoms with van der Waals surface area (Å²) in [4.78, 5) is 4.57. The van der Waals surface area contributed by atoms with E-state index in [0.717, 1.165) is 36.1 Å². The lowest BCUT2D eigenvalue weighted by atomic mass is 9.85. The summed E-state index contributed by atoms with van der Waals surface area (Å²) in [5, 5.41) is 6.60. The quantitative estimate of drug-likeness (QED) is 0.646. The molecule has 5 nitrogen and oxygen atoms in total. The molecule has 1 aliphatic carbocycles. The minimum absolute atomic E-state index is 0.204. The third-order valence-corrected chi connectivity index (χ3v) is 4.29. The first-order valence-electron chi connectivity index (χ1n) is 8.30. The topological polar surface area (TPSA) is 54.9 Å². The number of nitrogens with zero attached hydrogens (tertiary/aromatic N) is 1. The van der Waals surface area contributed by atoms with Gasteiger partial charge in [0.15, 0.2) is 12.8 Å². The maximum Gasteiger partial charge on any atom is 0.191 e. The van der Waals surface area contributed by atoms with E-state index in [4.69, 9.17) is 9.47 Å². The van der Waals surface area contributed by atoms with Gasteiger partial charge in [0, 0.05) is 24.2 Å². The van der Waals surface area contributed by atoms with E-state index in [0.29, 0.717) is 18.9 Å². The maximum absolute atomic E-state index is 13.7. The van der Waals surface area contributed by atoms with Gasteiger partial charge < -0.3 is 20.1 Å². The van der Waals surface area contributed by atoms with Gasteiger partial charge in [-0.15, -0.1) is 0 Å². The van der Waals surface area contributed by atoms with Crippen molar-refractivity contribution in [3.8, 4) is 5.75 Å². The van der Waals surface area contributed by atoms with Gasteiger partial charge in [-0.05, 0) is 37.8 Å². The number of nitrogens with one attached hydrogen (secondary N) is 2. The first kappa shape index (κ1) is 16.1. The number of benzene rings is 1. The third kappa shape index (κ3) is 4.13. The van der Waals surface area contributed by atoms with E-state index in [-0.39, 0.29) is 12.6 Å². The summed E-state index contributed by atoms with van der Waals surface area (Å²) in [5.41, 5.74) is 1.50. The Labute approximate surface area is 136 Å². The largest absolute Gasteiger partial charge is 0.467 e. The number of rotatable bonds is 5. The third-order valence-electron chi connectivity index (χ3n) is 4.29. The second-order valence-electron chi connectivity index (χ2n) is 6.04. The Balaban J connectivity index is 1.69. The molecule has 0 radical (unpaired) electrons. The average molecular weight is 321 g/mol. The Morgan fingerprint density at radius 2 is 2.22 bits per heavy atom.